The minimum absolute atomic E-state index is 0.124. The van der Waals surface area contributed by atoms with E-state index in [0.29, 0.717) is 6.61 Å². The van der Waals surface area contributed by atoms with Crippen molar-refractivity contribution in [3.63, 3.8) is 0 Å². The van der Waals surface area contributed by atoms with Crippen LogP contribution in [-0.2, 0) is 14.3 Å². The molecular formula is C12H22O3. The Hall–Kier alpha value is -0.670. The minimum Gasteiger partial charge on any atom is -0.356 e. The Morgan fingerprint density at radius 1 is 1.40 bits per heavy atom. The highest BCUT2D eigenvalue weighted by molar-refractivity contribution is 5.66. The summed E-state index contributed by atoms with van der Waals surface area (Å²) in [6.07, 6.45) is 6.41. The Kier molecular flexibility index (Phi) is 9.43. The van der Waals surface area contributed by atoms with E-state index in [9.17, 15) is 4.79 Å². The van der Waals surface area contributed by atoms with Crippen molar-refractivity contribution in [3.8, 4) is 0 Å². The van der Waals surface area contributed by atoms with Crippen molar-refractivity contribution in [1.82, 2.24) is 0 Å². The van der Waals surface area contributed by atoms with Gasteiger partial charge in [0.1, 0.15) is 6.29 Å². The Bertz CT molecular complexity index is 187. The number of methoxy groups -OCH3 is 1. The van der Waals surface area contributed by atoms with E-state index in [0.717, 1.165) is 32.0 Å². The number of ether oxygens (including phenoxy) is 2. The second-order valence-corrected chi connectivity index (χ2v) is 3.45. The maximum atomic E-state index is 10.3. The average Bonchev–Trinajstić information content (AvgIpc) is 2.26. The van der Waals surface area contributed by atoms with Crippen LogP contribution in [0, 0.1) is 0 Å². The molecule has 0 heterocycles. The summed E-state index contributed by atoms with van der Waals surface area (Å²) < 4.78 is 10.3. The first-order valence-electron chi connectivity index (χ1n) is 5.52. The molecule has 0 saturated carbocycles. The standard InChI is InChI=1S/C12H22O3/c1-4-12(8-9-13)7-5-6-10-15-11(2)14-3/h8-9,11H,4-7,10H2,1-3H3/b12-8+. The van der Waals surface area contributed by atoms with Crippen LogP contribution >= 0.6 is 0 Å². The molecule has 3 heteroatoms. The van der Waals surface area contributed by atoms with E-state index in [1.807, 2.05) is 6.92 Å². The van der Waals surface area contributed by atoms with Crippen LogP contribution in [0.3, 0.4) is 0 Å². The zero-order valence-electron chi connectivity index (χ0n) is 9.99. The summed E-state index contributed by atoms with van der Waals surface area (Å²) in [4.78, 5) is 10.3. The highest BCUT2D eigenvalue weighted by Gasteiger charge is 1.98. The molecule has 0 amide bonds. The molecule has 0 aliphatic carbocycles. The number of carbonyl (C=O) groups is 1. The predicted octanol–water partition coefficient (Wildman–Crippen LogP) is 2.70. The molecule has 0 aliphatic rings. The molecule has 88 valence electrons. The second kappa shape index (κ2) is 9.87. The summed E-state index contributed by atoms with van der Waals surface area (Å²) in [6.45, 7) is 4.66. The van der Waals surface area contributed by atoms with Crippen molar-refractivity contribution in [2.45, 2.75) is 45.8 Å². The first kappa shape index (κ1) is 14.3. The molecule has 1 atom stereocenters. The Morgan fingerprint density at radius 2 is 2.13 bits per heavy atom. The van der Waals surface area contributed by atoms with Gasteiger partial charge in [-0.25, -0.2) is 0 Å². The zero-order valence-corrected chi connectivity index (χ0v) is 9.99. The number of carbonyl (C=O) groups excluding carboxylic acids is 1. The van der Waals surface area contributed by atoms with E-state index in [-0.39, 0.29) is 6.29 Å². The molecule has 0 aromatic heterocycles. The summed E-state index contributed by atoms with van der Waals surface area (Å²) >= 11 is 0. The summed E-state index contributed by atoms with van der Waals surface area (Å²) in [5.74, 6) is 0. The van der Waals surface area contributed by atoms with Crippen LogP contribution < -0.4 is 0 Å². The Morgan fingerprint density at radius 3 is 2.67 bits per heavy atom. The summed E-state index contributed by atoms with van der Waals surface area (Å²) in [7, 11) is 1.63. The average molecular weight is 214 g/mol. The molecule has 0 saturated heterocycles. The molecule has 0 rings (SSSR count). The normalized spacial score (nSPS) is 13.9. The molecule has 0 aromatic carbocycles. The largest absolute Gasteiger partial charge is 0.356 e. The van der Waals surface area contributed by atoms with Crippen LogP contribution in [0.25, 0.3) is 0 Å². The van der Waals surface area contributed by atoms with Crippen LogP contribution in [0.15, 0.2) is 11.6 Å². The lowest BCUT2D eigenvalue weighted by Gasteiger charge is -2.10. The fourth-order valence-electron chi connectivity index (χ4n) is 1.25. The van der Waals surface area contributed by atoms with Crippen LogP contribution in [0.4, 0.5) is 0 Å². The SMILES string of the molecule is CC/C(=C\C=O)CCCCOC(C)OC. The first-order valence-corrected chi connectivity index (χ1v) is 5.52. The van der Waals surface area contributed by atoms with Gasteiger partial charge >= 0.3 is 0 Å². The first-order chi connectivity index (χ1) is 7.24. The van der Waals surface area contributed by atoms with Crippen molar-refractivity contribution in [3.05, 3.63) is 11.6 Å². The van der Waals surface area contributed by atoms with Gasteiger partial charge in [-0.2, -0.15) is 0 Å². The van der Waals surface area contributed by atoms with E-state index in [1.54, 1.807) is 13.2 Å². The molecule has 15 heavy (non-hydrogen) atoms. The number of rotatable bonds is 9. The minimum atomic E-state index is -0.124. The van der Waals surface area contributed by atoms with Gasteiger partial charge in [0, 0.05) is 13.7 Å². The van der Waals surface area contributed by atoms with Crippen molar-refractivity contribution >= 4 is 6.29 Å². The molecular weight excluding hydrogens is 192 g/mol. The molecule has 1 unspecified atom stereocenters. The number of hydrogen-bond acceptors (Lipinski definition) is 3. The number of aldehydes is 1. The highest BCUT2D eigenvalue weighted by Crippen LogP contribution is 2.10. The van der Waals surface area contributed by atoms with Gasteiger partial charge in [-0.15, -0.1) is 0 Å². The van der Waals surface area contributed by atoms with Crippen LogP contribution in [0.1, 0.15) is 39.5 Å². The van der Waals surface area contributed by atoms with Gasteiger partial charge in [0.2, 0.25) is 0 Å². The number of allylic oxidation sites excluding steroid dienone is 2. The number of unbranched alkanes of at least 4 members (excludes halogenated alkanes) is 1. The van der Waals surface area contributed by atoms with E-state index in [4.69, 9.17) is 9.47 Å². The van der Waals surface area contributed by atoms with Gasteiger partial charge in [0.25, 0.3) is 0 Å². The molecule has 0 radical (unpaired) electrons. The lowest BCUT2D eigenvalue weighted by atomic mass is 10.1. The van der Waals surface area contributed by atoms with Gasteiger partial charge in [-0.3, -0.25) is 4.79 Å². The monoisotopic (exact) mass is 214 g/mol. The van der Waals surface area contributed by atoms with Crippen LogP contribution in [-0.4, -0.2) is 26.3 Å². The lowest BCUT2D eigenvalue weighted by molar-refractivity contribution is -0.111. The Labute approximate surface area is 92.5 Å². The van der Waals surface area contributed by atoms with Gasteiger partial charge in [-0.1, -0.05) is 12.5 Å². The van der Waals surface area contributed by atoms with E-state index in [1.165, 1.54) is 5.57 Å². The molecule has 0 aromatic rings. The van der Waals surface area contributed by atoms with Gasteiger partial charge in [-0.05, 0) is 38.7 Å². The van der Waals surface area contributed by atoms with Crippen molar-refractivity contribution < 1.29 is 14.3 Å². The van der Waals surface area contributed by atoms with Crippen molar-refractivity contribution in [2.75, 3.05) is 13.7 Å². The summed E-state index contributed by atoms with van der Waals surface area (Å²) in [5, 5.41) is 0. The Balaban J connectivity index is 3.44. The maximum absolute atomic E-state index is 10.3. The molecule has 3 nitrogen and oxygen atoms in total. The molecule has 0 N–H and O–H groups in total. The van der Waals surface area contributed by atoms with Gasteiger partial charge in [0.05, 0.1) is 0 Å². The molecule has 0 fully saturated rings. The smallest absolute Gasteiger partial charge is 0.154 e. The lowest BCUT2D eigenvalue weighted by Crippen LogP contribution is -2.10. The molecule has 0 bridgehead atoms. The van der Waals surface area contributed by atoms with Crippen molar-refractivity contribution in [1.29, 1.82) is 0 Å². The quantitative estimate of drug-likeness (QED) is 0.256. The third kappa shape index (κ3) is 8.33. The maximum Gasteiger partial charge on any atom is 0.154 e. The van der Waals surface area contributed by atoms with E-state index < -0.39 is 0 Å². The fourth-order valence-corrected chi connectivity index (χ4v) is 1.25. The van der Waals surface area contributed by atoms with E-state index >= 15 is 0 Å². The predicted molar refractivity (Wildman–Crippen MR) is 60.7 cm³/mol. The summed E-state index contributed by atoms with van der Waals surface area (Å²) in [5.41, 5.74) is 1.21. The molecule has 0 spiro atoms. The van der Waals surface area contributed by atoms with Gasteiger partial charge < -0.3 is 9.47 Å². The van der Waals surface area contributed by atoms with E-state index in [2.05, 4.69) is 6.92 Å². The third-order valence-electron chi connectivity index (χ3n) is 2.33. The second-order valence-electron chi connectivity index (χ2n) is 3.45. The van der Waals surface area contributed by atoms with Crippen LogP contribution in [0.2, 0.25) is 0 Å². The highest BCUT2D eigenvalue weighted by atomic mass is 16.7. The molecule has 0 aliphatic heterocycles. The van der Waals surface area contributed by atoms with Crippen molar-refractivity contribution in [2.24, 2.45) is 0 Å². The summed E-state index contributed by atoms with van der Waals surface area (Å²) in [6, 6.07) is 0. The zero-order chi connectivity index (χ0) is 11.5. The fraction of sp³-hybridized carbons (Fsp3) is 0.750. The van der Waals surface area contributed by atoms with Crippen LogP contribution in [0.5, 0.6) is 0 Å². The topological polar surface area (TPSA) is 35.5 Å². The van der Waals surface area contributed by atoms with Gasteiger partial charge in [0.15, 0.2) is 6.29 Å². The number of hydrogen-bond donors (Lipinski definition) is 0. The third-order valence-corrected chi connectivity index (χ3v) is 2.33.